The Morgan fingerprint density at radius 1 is 1.63 bits per heavy atom. The van der Waals surface area contributed by atoms with Gasteiger partial charge in [0.2, 0.25) is 11.5 Å². The summed E-state index contributed by atoms with van der Waals surface area (Å²) in [5, 5.41) is 5.10. The second-order valence-electron chi connectivity index (χ2n) is 4.20. The lowest BCUT2D eigenvalue weighted by Gasteiger charge is -2.31. The van der Waals surface area contributed by atoms with Crippen LogP contribution in [0.4, 0.5) is 10.6 Å². The molecule has 1 aromatic heterocycles. The van der Waals surface area contributed by atoms with Crippen LogP contribution < -0.4 is 15.4 Å². The average Bonchev–Trinajstić information content (AvgIpc) is 2.65. The highest BCUT2D eigenvalue weighted by Crippen LogP contribution is 2.46. The fourth-order valence-electron chi connectivity index (χ4n) is 2.28. The van der Waals surface area contributed by atoms with Crippen LogP contribution >= 0.6 is 0 Å². The molecule has 2 N–H and O–H groups in total. The number of hydrogen-bond acceptors (Lipinski definition) is 6. The van der Waals surface area contributed by atoms with Crippen molar-refractivity contribution in [1.29, 1.82) is 0 Å². The number of carbonyl (C=O) groups is 2. The fraction of sp³-hybridized carbons (Fsp3) is 0.455. The van der Waals surface area contributed by atoms with E-state index in [0.29, 0.717) is 17.9 Å². The number of carbonyl (C=O) groups excluding carboxylic acids is 2. The molecule has 3 heterocycles. The highest BCUT2D eigenvalue weighted by atomic mass is 16.6. The van der Waals surface area contributed by atoms with Crippen molar-refractivity contribution in [2.45, 2.75) is 18.9 Å². The van der Waals surface area contributed by atoms with Gasteiger partial charge in [-0.25, -0.2) is 14.8 Å². The summed E-state index contributed by atoms with van der Waals surface area (Å²) in [5.74, 6) is 0.191. The van der Waals surface area contributed by atoms with Crippen LogP contribution in [0, 0.1) is 0 Å². The molecule has 2 aliphatic rings. The van der Waals surface area contributed by atoms with Gasteiger partial charge < -0.3 is 20.1 Å². The number of anilines is 1. The van der Waals surface area contributed by atoms with Crippen LogP contribution in [0.1, 0.15) is 18.9 Å². The highest BCUT2D eigenvalue weighted by molar-refractivity contribution is 6.05. The van der Waals surface area contributed by atoms with E-state index in [0.717, 1.165) is 0 Å². The number of ether oxygens (including phenoxy) is 2. The van der Waals surface area contributed by atoms with E-state index in [9.17, 15) is 9.59 Å². The Bertz CT molecular complexity index is 562. The topological polar surface area (TPSA) is 102 Å². The Morgan fingerprint density at radius 3 is 3.26 bits per heavy atom. The largest absolute Gasteiger partial charge is 0.477 e. The van der Waals surface area contributed by atoms with Gasteiger partial charge in [-0.15, -0.1) is 0 Å². The SMILES string of the molecule is CCNC(=O)OC12CCOc3ncnc(c31)NC2=O. The number of amides is 2. The van der Waals surface area contributed by atoms with E-state index in [4.69, 9.17) is 9.47 Å². The number of alkyl carbamates (subject to hydrolysis) is 1. The van der Waals surface area contributed by atoms with Gasteiger partial charge in [0.1, 0.15) is 17.7 Å². The van der Waals surface area contributed by atoms with Crippen molar-refractivity contribution in [2.75, 3.05) is 18.5 Å². The molecule has 3 rings (SSSR count). The molecule has 0 aliphatic carbocycles. The molecule has 0 bridgehead atoms. The molecule has 1 atom stereocenters. The van der Waals surface area contributed by atoms with E-state index in [2.05, 4.69) is 20.6 Å². The summed E-state index contributed by atoms with van der Waals surface area (Å²) < 4.78 is 10.7. The Balaban J connectivity index is 2.05. The molecule has 8 nitrogen and oxygen atoms in total. The Hall–Kier alpha value is -2.38. The number of hydrogen-bond donors (Lipinski definition) is 2. The lowest BCUT2D eigenvalue weighted by Crippen LogP contribution is -2.45. The van der Waals surface area contributed by atoms with Gasteiger partial charge in [0.15, 0.2) is 0 Å². The third-order valence-electron chi connectivity index (χ3n) is 3.10. The van der Waals surface area contributed by atoms with Crippen molar-refractivity contribution in [1.82, 2.24) is 15.3 Å². The van der Waals surface area contributed by atoms with Gasteiger partial charge in [0, 0.05) is 13.0 Å². The van der Waals surface area contributed by atoms with Gasteiger partial charge >= 0.3 is 6.09 Å². The van der Waals surface area contributed by atoms with Gasteiger partial charge in [0.05, 0.1) is 6.61 Å². The summed E-state index contributed by atoms with van der Waals surface area (Å²) in [7, 11) is 0. The van der Waals surface area contributed by atoms with Gasteiger partial charge in [-0.1, -0.05) is 0 Å². The molecule has 100 valence electrons. The first-order valence-corrected chi connectivity index (χ1v) is 5.94. The molecule has 0 aromatic carbocycles. The van der Waals surface area contributed by atoms with Crippen molar-refractivity contribution in [3.8, 4) is 5.88 Å². The van der Waals surface area contributed by atoms with E-state index in [-0.39, 0.29) is 18.9 Å². The summed E-state index contributed by atoms with van der Waals surface area (Å²) in [6.07, 6.45) is 0.882. The van der Waals surface area contributed by atoms with Crippen LogP contribution in [0.25, 0.3) is 0 Å². The molecule has 0 radical (unpaired) electrons. The zero-order chi connectivity index (χ0) is 13.5. The van der Waals surface area contributed by atoms with Crippen molar-refractivity contribution >= 4 is 17.8 Å². The quantitative estimate of drug-likeness (QED) is 0.788. The van der Waals surface area contributed by atoms with Crippen LogP contribution in [0.15, 0.2) is 6.33 Å². The summed E-state index contributed by atoms with van der Waals surface area (Å²) >= 11 is 0. The monoisotopic (exact) mass is 264 g/mol. The lowest BCUT2D eigenvalue weighted by molar-refractivity contribution is -0.137. The summed E-state index contributed by atoms with van der Waals surface area (Å²) in [5.41, 5.74) is -0.985. The number of nitrogens with one attached hydrogen (secondary N) is 2. The minimum atomic E-state index is -1.39. The van der Waals surface area contributed by atoms with E-state index < -0.39 is 17.6 Å². The maximum absolute atomic E-state index is 12.2. The second-order valence-corrected chi connectivity index (χ2v) is 4.20. The molecule has 1 aromatic rings. The van der Waals surface area contributed by atoms with Crippen LogP contribution in [0.2, 0.25) is 0 Å². The summed E-state index contributed by atoms with van der Waals surface area (Å²) in [4.78, 5) is 31.8. The second kappa shape index (κ2) is 4.08. The molecule has 8 heteroatoms. The van der Waals surface area contributed by atoms with Gasteiger partial charge in [-0.3, -0.25) is 4.79 Å². The molecule has 2 aliphatic heterocycles. The first kappa shape index (κ1) is 11.7. The molecular weight excluding hydrogens is 252 g/mol. The zero-order valence-electron chi connectivity index (χ0n) is 10.2. The molecule has 2 amide bonds. The molecule has 19 heavy (non-hydrogen) atoms. The van der Waals surface area contributed by atoms with Crippen molar-refractivity contribution < 1.29 is 19.1 Å². The highest BCUT2D eigenvalue weighted by Gasteiger charge is 2.55. The lowest BCUT2D eigenvalue weighted by atomic mass is 9.92. The maximum Gasteiger partial charge on any atom is 0.408 e. The standard InChI is InChI=1S/C11H12N4O4/c1-2-12-10(17)19-11-3-4-18-8-6(11)7(13-5-14-8)15-9(11)16/h5H,2-4H2,1H3,(H,12,17)(H,13,14,15,16). The molecule has 0 fully saturated rings. The van der Waals surface area contributed by atoms with E-state index >= 15 is 0 Å². The smallest absolute Gasteiger partial charge is 0.408 e. The number of rotatable bonds is 2. The third kappa shape index (κ3) is 1.60. The first-order chi connectivity index (χ1) is 9.17. The molecular formula is C11H12N4O4. The van der Waals surface area contributed by atoms with Crippen molar-refractivity contribution in [3.05, 3.63) is 11.9 Å². The van der Waals surface area contributed by atoms with Crippen LogP contribution in [-0.2, 0) is 15.1 Å². The zero-order valence-corrected chi connectivity index (χ0v) is 10.2. The summed E-state index contributed by atoms with van der Waals surface area (Å²) in [6, 6.07) is 0. The van der Waals surface area contributed by atoms with Gasteiger partial charge in [-0.05, 0) is 6.92 Å². The minimum absolute atomic E-state index is 0.239. The average molecular weight is 264 g/mol. The van der Waals surface area contributed by atoms with Gasteiger partial charge in [-0.2, -0.15) is 0 Å². The Morgan fingerprint density at radius 2 is 2.47 bits per heavy atom. The molecule has 0 spiro atoms. The van der Waals surface area contributed by atoms with Crippen LogP contribution in [-0.4, -0.2) is 35.1 Å². The van der Waals surface area contributed by atoms with E-state index in [1.54, 1.807) is 6.92 Å². The summed E-state index contributed by atoms with van der Waals surface area (Å²) in [6.45, 7) is 2.43. The predicted octanol–water partition coefficient (Wildman–Crippen LogP) is 0.153. The van der Waals surface area contributed by atoms with Crippen molar-refractivity contribution in [3.63, 3.8) is 0 Å². The first-order valence-electron chi connectivity index (χ1n) is 5.94. The van der Waals surface area contributed by atoms with E-state index in [1.165, 1.54) is 6.33 Å². The van der Waals surface area contributed by atoms with Crippen LogP contribution in [0.3, 0.4) is 0 Å². The van der Waals surface area contributed by atoms with Crippen LogP contribution in [0.5, 0.6) is 5.88 Å². The van der Waals surface area contributed by atoms with E-state index in [1.807, 2.05) is 0 Å². The predicted molar refractivity (Wildman–Crippen MR) is 62.6 cm³/mol. The fourth-order valence-corrected chi connectivity index (χ4v) is 2.28. The molecule has 1 unspecified atom stereocenters. The van der Waals surface area contributed by atoms with Crippen molar-refractivity contribution in [2.24, 2.45) is 0 Å². The molecule has 0 saturated heterocycles. The number of aromatic nitrogens is 2. The maximum atomic E-state index is 12.2. The Labute approximate surface area is 108 Å². The third-order valence-corrected chi connectivity index (χ3v) is 3.10. The minimum Gasteiger partial charge on any atom is -0.477 e. The van der Waals surface area contributed by atoms with Gasteiger partial charge in [0.25, 0.3) is 5.91 Å². The molecule has 0 saturated carbocycles. The Kier molecular flexibility index (Phi) is 2.51. The number of nitrogens with zero attached hydrogens (tertiary/aromatic N) is 2. The normalized spacial score (nSPS) is 23.1.